The number of amides is 2. The molecule has 2 amide bonds. The van der Waals surface area contributed by atoms with Crippen LogP contribution in [0.15, 0.2) is 36.4 Å². The number of nitrogens with one attached hydrogen (secondary N) is 2. The summed E-state index contributed by atoms with van der Waals surface area (Å²) >= 11 is 0. The van der Waals surface area contributed by atoms with Crippen molar-refractivity contribution in [2.24, 2.45) is 0 Å². The molecule has 0 spiro atoms. The molecule has 0 aliphatic carbocycles. The summed E-state index contributed by atoms with van der Waals surface area (Å²) in [5.41, 5.74) is 2.42. The van der Waals surface area contributed by atoms with E-state index in [1.54, 1.807) is 24.3 Å². The molecule has 0 bridgehead atoms. The Balaban J connectivity index is 1.98. The fourth-order valence-electron chi connectivity index (χ4n) is 2.18. The zero-order valence-corrected chi connectivity index (χ0v) is 12.1. The van der Waals surface area contributed by atoms with E-state index in [1.165, 1.54) is 7.11 Å². The zero-order chi connectivity index (χ0) is 15.7. The molecule has 3 rings (SSSR count). The van der Waals surface area contributed by atoms with Crippen molar-refractivity contribution in [2.75, 3.05) is 17.7 Å². The van der Waals surface area contributed by atoms with E-state index in [0.717, 1.165) is 5.56 Å². The number of hydrogen-bond donors (Lipinski definition) is 2. The van der Waals surface area contributed by atoms with Crippen LogP contribution in [-0.4, -0.2) is 19.1 Å². The lowest BCUT2D eigenvalue weighted by Crippen LogP contribution is -2.13. The number of anilines is 2. The van der Waals surface area contributed by atoms with Gasteiger partial charge in [0, 0.05) is 5.69 Å². The van der Waals surface area contributed by atoms with Crippen LogP contribution in [0.25, 0.3) is 0 Å². The molecule has 0 saturated carbocycles. The average Bonchev–Trinajstić information content (AvgIpc) is 2.63. The third kappa shape index (κ3) is 2.58. The number of fused-ring (bicyclic) bond motifs is 2. The molecule has 1 aliphatic heterocycles. The van der Waals surface area contributed by atoms with Crippen molar-refractivity contribution in [3.05, 3.63) is 47.5 Å². The highest BCUT2D eigenvalue weighted by Crippen LogP contribution is 2.37. The number of hydrogen-bond acceptors (Lipinski definition) is 4. The minimum absolute atomic E-state index is 0.298. The van der Waals surface area contributed by atoms with Crippen LogP contribution in [0.4, 0.5) is 16.2 Å². The van der Waals surface area contributed by atoms with Crippen LogP contribution in [0, 0.1) is 6.92 Å². The van der Waals surface area contributed by atoms with Gasteiger partial charge in [0.1, 0.15) is 5.75 Å². The largest absolute Gasteiger partial charge is 0.454 e. The molecule has 22 heavy (non-hydrogen) atoms. The van der Waals surface area contributed by atoms with Gasteiger partial charge in [-0.05, 0) is 42.8 Å². The molecule has 2 N–H and O–H groups in total. The van der Waals surface area contributed by atoms with Crippen molar-refractivity contribution >= 4 is 23.4 Å². The molecule has 0 saturated heterocycles. The van der Waals surface area contributed by atoms with Crippen molar-refractivity contribution in [3.8, 4) is 11.5 Å². The van der Waals surface area contributed by atoms with E-state index in [0.29, 0.717) is 28.4 Å². The number of carbonyl (C=O) groups excluding carboxylic acids is 2. The highest BCUT2D eigenvalue weighted by molar-refractivity contribution is 6.08. The maximum Gasteiger partial charge on any atom is 0.411 e. The third-order valence-electron chi connectivity index (χ3n) is 3.26. The van der Waals surface area contributed by atoms with Crippen LogP contribution in [-0.2, 0) is 4.74 Å². The van der Waals surface area contributed by atoms with Crippen molar-refractivity contribution in [1.29, 1.82) is 0 Å². The van der Waals surface area contributed by atoms with Crippen molar-refractivity contribution in [2.45, 2.75) is 6.92 Å². The average molecular weight is 298 g/mol. The summed E-state index contributed by atoms with van der Waals surface area (Å²) in [5, 5.41) is 5.32. The number of ether oxygens (including phenoxy) is 2. The Kier molecular flexibility index (Phi) is 3.42. The Morgan fingerprint density at radius 2 is 1.95 bits per heavy atom. The molecule has 2 aromatic carbocycles. The molecule has 0 aromatic heterocycles. The summed E-state index contributed by atoms with van der Waals surface area (Å²) in [6.07, 6.45) is -0.603. The van der Waals surface area contributed by atoms with Gasteiger partial charge in [-0.1, -0.05) is 6.07 Å². The first kappa shape index (κ1) is 13.9. The van der Waals surface area contributed by atoms with Gasteiger partial charge in [-0.3, -0.25) is 10.1 Å². The van der Waals surface area contributed by atoms with E-state index in [2.05, 4.69) is 15.4 Å². The van der Waals surface area contributed by atoms with Gasteiger partial charge in [-0.25, -0.2) is 4.79 Å². The molecule has 1 aliphatic rings. The lowest BCUT2D eigenvalue weighted by Gasteiger charge is -2.09. The highest BCUT2D eigenvalue weighted by Gasteiger charge is 2.21. The standard InChI is InChI=1S/C16H14N2O4/c1-9-3-5-14-12(7-9)18-15(19)11-8-10(17-16(20)21-2)4-6-13(11)22-14/h3-8H,1-2H3,(H,17,20)(H,18,19). The van der Waals surface area contributed by atoms with Crippen molar-refractivity contribution in [3.63, 3.8) is 0 Å². The topological polar surface area (TPSA) is 76.7 Å². The maximum absolute atomic E-state index is 12.4. The third-order valence-corrected chi connectivity index (χ3v) is 3.26. The lowest BCUT2D eigenvalue weighted by molar-refractivity contribution is 0.102. The van der Waals surface area contributed by atoms with E-state index >= 15 is 0 Å². The second kappa shape index (κ2) is 5.40. The number of benzene rings is 2. The molecule has 6 nitrogen and oxygen atoms in total. The maximum atomic E-state index is 12.4. The Morgan fingerprint density at radius 3 is 2.73 bits per heavy atom. The summed E-state index contributed by atoms with van der Waals surface area (Å²) in [4.78, 5) is 23.6. The van der Waals surface area contributed by atoms with Gasteiger partial charge in [0.15, 0.2) is 5.75 Å². The Labute approximate surface area is 127 Å². The number of aryl methyl sites for hydroxylation is 1. The Hall–Kier alpha value is -3.02. The number of carbonyl (C=O) groups is 2. The molecule has 0 radical (unpaired) electrons. The van der Waals surface area contributed by atoms with Gasteiger partial charge < -0.3 is 14.8 Å². The molecule has 2 aromatic rings. The fraction of sp³-hybridized carbons (Fsp3) is 0.125. The minimum Gasteiger partial charge on any atom is -0.454 e. The second-order valence-corrected chi connectivity index (χ2v) is 4.88. The van der Waals surface area contributed by atoms with Gasteiger partial charge in [-0.15, -0.1) is 0 Å². The second-order valence-electron chi connectivity index (χ2n) is 4.88. The van der Waals surface area contributed by atoms with Gasteiger partial charge in [-0.2, -0.15) is 0 Å². The summed E-state index contributed by atoms with van der Waals surface area (Å²) in [6.45, 7) is 1.93. The Bertz CT molecular complexity index is 771. The van der Waals surface area contributed by atoms with Crippen LogP contribution in [0.3, 0.4) is 0 Å². The van der Waals surface area contributed by atoms with Crippen LogP contribution >= 0.6 is 0 Å². The Morgan fingerprint density at radius 1 is 1.18 bits per heavy atom. The molecule has 0 atom stereocenters. The number of rotatable bonds is 1. The first-order valence-corrected chi connectivity index (χ1v) is 6.65. The summed E-state index contributed by atoms with van der Waals surface area (Å²) in [6, 6.07) is 10.4. The van der Waals surface area contributed by atoms with Gasteiger partial charge in [0.05, 0.1) is 18.4 Å². The fourth-order valence-corrected chi connectivity index (χ4v) is 2.18. The summed E-state index contributed by atoms with van der Waals surface area (Å²) in [5.74, 6) is 0.703. The van der Waals surface area contributed by atoms with E-state index in [9.17, 15) is 9.59 Å². The predicted octanol–water partition coefficient (Wildman–Crippen LogP) is 3.53. The molecule has 112 valence electrons. The minimum atomic E-state index is -0.603. The first-order chi connectivity index (χ1) is 10.6. The van der Waals surface area contributed by atoms with Gasteiger partial charge in [0.25, 0.3) is 5.91 Å². The highest BCUT2D eigenvalue weighted by atomic mass is 16.5. The molecule has 0 fully saturated rings. The van der Waals surface area contributed by atoms with Crippen LogP contribution in [0.2, 0.25) is 0 Å². The molecule has 1 heterocycles. The normalized spacial score (nSPS) is 12.2. The number of methoxy groups -OCH3 is 1. The predicted molar refractivity (Wildman–Crippen MR) is 81.7 cm³/mol. The quantitative estimate of drug-likeness (QED) is 0.844. The van der Waals surface area contributed by atoms with Crippen molar-refractivity contribution < 1.29 is 19.1 Å². The van der Waals surface area contributed by atoms with E-state index in [-0.39, 0.29) is 5.91 Å². The van der Waals surface area contributed by atoms with Crippen LogP contribution in [0.5, 0.6) is 11.5 Å². The molecule has 6 heteroatoms. The van der Waals surface area contributed by atoms with Crippen LogP contribution in [0.1, 0.15) is 15.9 Å². The van der Waals surface area contributed by atoms with Gasteiger partial charge >= 0.3 is 6.09 Å². The van der Waals surface area contributed by atoms with E-state index in [4.69, 9.17) is 4.74 Å². The zero-order valence-electron chi connectivity index (χ0n) is 12.1. The lowest BCUT2D eigenvalue weighted by atomic mass is 10.1. The molecule has 0 unspecified atom stereocenters. The summed E-state index contributed by atoms with van der Waals surface area (Å²) < 4.78 is 10.3. The van der Waals surface area contributed by atoms with E-state index < -0.39 is 6.09 Å². The monoisotopic (exact) mass is 298 g/mol. The first-order valence-electron chi connectivity index (χ1n) is 6.65. The van der Waals surface area contributed by atoms with Crippen molar-refractivity contribution in [1.82, 2.24) is 0 Å². The van der Waals surface area contributed by atoms with Crippen LogP contribution < -0.4 is 15.4 Å². The smallest absolute Gasteiger partial charge is 0.411 e. The van der Waals surface area contributed by atoms with E-state index in [1.807, 2.05) is 19.1 Å². The van der Waals surface area contributed by atoms with Gasteiger partial charge in [0.2, 0.25) is 0 Å². The SMILES string of the molecule is COC(=O)Nc1ccc2c(c1)C(=O)Nc1cc(C)ccc1O2. The summed E-state index contributed by atoms with van der Waals surface area (Å²) in [7, 11) is 1.27. The molecular formula is C16H14N2O4. The molecular weight excluding hydrogens is 284 g/mol.